The highest BCUT2D eigenvalue weighted by Crippen LogP contribution is 2.44. The highest BCUT2D eigenvalue weighted by molar-refractivity contribution is 9.10. The van der Waals surface area contributed by atoms with E-state index in [1.165, 1.54) is 12.8 Å². The molecule has 1 aromatic carbocycles. The molecule has 112 valence electrons. The molecule has 0 bridgehead atoms. The van der Waals surface area contributed by atoms with Crippen molar-refractivity contribution in [3.05, 3.63) is 16.1 Å². The first kappa shape index (κ1) is 15.4. The van der Waals surface area contributed by atoms with E-state index in [0.29, 0.717) is 11.7 Å². The zero-order valence-electron chi connectivity index (χ0n) is 12.3. The normalized spacial score (nSPS) is 18.7. The lowest BCUT2D eigenvalue weighted by atomic mass is 9.91. The maximum Gasteiger partial charge on any atom is 0.175 e. The minimum absolute atomic E-state index is 0.632. The molecule has 1 fully saturated rings. The first-order chi connectivity index (χ1) is 9.71. The third kappa shape index (κ3) is 3.20. The monoisotopic (exact) mass is 343 g/mol. The summed E-state index contributed by atoms with van der Waals surface area (Å²) in [6, 6.07) is 1.90. The van der Waals surface area contributed by atoms with E-state index >= 15 is 0 Å². The Morgan fingerprint density at radius 2 is 1.95 bits per heavy atom. The van der Waals surface area contributed by atoms with Crippen LogP contribution in [0.5, 0.6) is 17.2 Å². The minimum Gasteiger partial charge on any atom is -0.496 e. The van der Waals surface area contributed by atoms with Crippen LogP contribution in [0.25, 0.3) is 0 Å². The quantitative estimate of drug-likeness (QED) is 0.891. The first-order valence-electron chi connectivity index (χ1n) is 6.89. The molecule has 0 spiro atoms. The van der Waals surface area contributed by atoms with Crippen molar-refractivity contribution in [2.24, 2.45) is 5.92 Å². The molecule has 1 atom stereocenters. The van der Waals surface area contributed by atoms with E-state index in [9.17, 15) is 0 Å². The average molecular weight is 344 g/mol. The average Bonchev–Trinajstić information content (AvgIpc) is 2.49. The van der Waals surface area contributed by atoms with Gasteiger partial charge in [-0.15, -0.1) is 0 Å². The van der Waals surface area contributed by atoms with Gasteiger partial charge in [0, 0.05) is 11.6 Å². The summed E-state index contributed by atoms with van der Waals surface area (Å²) in [6.07, 6.45) is 3.45. The summed E-state index contributed by atoms with van der Waals surface area (Å²) in [4.78, 5) is 0. The van der Waals surface area contributed by atoms with Gasteiger partial charge in [-0.1, -0.05) is 0 Å². The molecule has 20 heavy (non-hydrogen) atoms. The predicted octanol–water partition coefficient (Wildman–Crippen LogP) is 3.02. The second-order valence-electron chi connectivity index (χ2n) is 5.02. The summed E-state index contributed by atoms with van der Waals surface area (Å²) in [6.45, 7) is 2.19. The van der Waals surface area contributed by atoms with Crippen LogP contribution in [-0.2, 0) is 6.42 Å². The van der Waals surface area contributed by atoms with Crippen LogP contribution in [0.2, 0.25) is 0 Å². The molecule has 0 aromatic heterocycles. The van der Waals surface area contributed by atoms with Gasteiger partial charge in [0.25, 0.3) is 0 Å². The topological polar surface area (TPSA) is 39.7 Å². The van der Waals surface area contributed by atoms with Crippen molar-refractivity contribution in [3.63, 3.8) is 0 Å². The fraction of sp³-hybridized carbons (Fsp3) is 0.600. The number of halogens is 1. The van der Waals surface area contributed by atoms with E-state index in [-0.39, 0.29) is 0 Å². The number of benzene rings is 1. The number of methoxy groups -OCH3 is 3. The first-order valence-corrected chi connectivity index (χ1v) is 7.68. The van der Waals surface area contributed by atoms with Gasteiger partial charge in [0.05, 0.1) is 25.8 Å². The van der Waals surface area contributed by atoms with Crippen molar-refractivity contribution in [3.8, 4) is 17.2 Å². The van der Waals surface area contributed by atoms with Gasteiger partial charge in [-0.25, -0.2) is 0 Å². The molecular formula is C15H22BrNO3. The Hall–Kier alpha value is -0.940. The molecule has 0 radical (unpaired) electrons. The van der Waals surface area contributed by atoms with Gasteiger partial charge < -0.3 is 19.5 Å². The summed E-state index contributed by atoms with van der Waals surface area (Å²) in [5.41, 5.74) is 1.15. The SMILES string of the molecule is COc1cc(OC)c(OC)c(Br)c1CC1CCCNC1. The number of hydrogen-bond donors (Lipinski definition) is 1. The number of nitrogens with one attached hydrogen (secondary N) is 1. The molecule has 1 aliphatic rings. The van der Waals surface area contributed by atoms with Gasteiger partial charge in [0.2, 0.25) is 0 Å². The fourth-order valence-corrected chi connectivity index (χ4v) is 3.44. The molecule has 1 saturated heterocycles. The van der Waals surface area contributed by atoms with Gasteiger partial charge in [-0.05, 0) is 54.2 Å². The Morgan fingerprint density at radius 3 is 2.50 bits per heavy atom. The van der Waals surface area contributed by atoms with Crippen molar-refractivity contribution in [1.82, 2.24) is 5.32 Å². The maximum atomic E-state index is 5.52. The maximum absolute atomic E-state index is 5.52. The zero-order valence-corrected chi connectivity index (χ0v) is 13.9. The molecule has 1 aliphatic heterocycles. The van der Waals surface area contributed by atoms with Crippen LogP contribution in [0.15, 0.2) is 10.5 Å². The van der Waals surface area contributed by atoms with E-state index in [1.807, 2.05) is 6.07 Å². The largest absolute Gasteiger partial charge is 0.496 e. The van der Waals surface area contributed by atoms with Crippen molar-refractivity contribution in [1.29, 1.82) is 0 Å². The van der Waals surface area contributed by atoms with Crippen LogP contribution in [0.1, 0.15) is 18.4 Å². The van der Waals surface area contributed by atoms with Crippen LogP contribution in [0.4, 0.5) is 0 Å². The van der Waals surface area contributed by atoms with E-state index in [4.69, 9.17) is 14.2 Å². The van der Waals surface area contributed by atoms with Gasteiger partial charge in [0.1, 0.15) is 5.75 Å². The highest BCUT2D eigenvalue weighted by Gasteiger charge is 2.22. The third-order valence-electron chi connectivity index (χ3n) is 3.78. The second-order valence-corrected chi connectivity index (χ2v) is 5.82. The number of rotatable bonds is 5. The van der Waals surface area contributed by atoms with E-state index < -0.39 is 0 Å². The molecule has 2 rings (SSSR count). The third-order valence-corrected chi connectivity index (χ3v) is 4.62. The summed E-state index contributed by atoms with van der Waals surface area (Å²) in [7, 11) is 4.98. The van der Waals surface area contributed by atoms with Crippen molar-refractivity contribution in [2.45, 2.75) is 19.3 Å². The van der Waals surface area contributed by atoms with Gasteiger partial charge in [-0.3, -0.25) is 0 Å². The van der Waals surface area contributed by atoms with Crippen molar-refractivity contribution in [2.75, 3.05) is 34.4 Å². The predicted molar refractivity (Wildman–Crippen MR) is 83.1 cm³/mol. The van der Waals surface area contributed by atoms with Crippen LogP contribution >= 0.6 is 15.9 Å². The Bertz CT molecular complexity index is 459. The number of hydrogen-bond acceptors (Lipinski definition) is 4. The zero-order chi connectivity index (χ0) is 14.5. The molecule has 1 unspecified atom stereocenters. The molecule has 4 nitrogen and oxygen atoms in total. The van der Waals surface area contributed by atoms with Gasteiger partial charge >= 0.3 is 0 Å². The van der Waals surface area contributed by atoms with Crippen LogP contribution in [0, 0.1) is 5.92 Å². The Kier molecular flexibility index (Phi) is 5.54. The van der Waals surface area contributed by atoms with Crippen LogP contribution in [0.3, 0.4) is 0 Å². The molecule has 5 heteroatoms. The van der Waals surface area contributed by atoms with Crippen molar-refractivity contribution < 1.29 is 14.2 Å². The van der Waals surface area contributed by atoms with Crippen molar-refractivity contribution >= 4 is 15.9 Å². The Balaban J connectivity index is 2.34. The fourth-order valence-electron chi connectivity index (χ4n) is 2.73. The molecule has 1 aromatic rings. The van der Waals surface area contributed by atoms with E-state index in [2.05, 4.69) is 21.2 Å². The highest BCUT2D eigenvalue weighted by atomic mass is 79.9. The standard InChI is InChI=1S/C15H22BrNO3/c1-18-12-8-13(19-2)15(20-3)14(16)11(12)7-10-5-4-6-17-9-10/h8,10,17H,4-7,9H2,1-3H3. The molecule has 0 saturated carbocycles. The second kappa shape index (κ2) is 7.18. The lowest BCUT2D eigenvalue weighted by Gasteiger charge is -2.25. The number of ether oxygens (including phenoxy) is 3. The van der Waals surface area contributed by atoms with E-state index in [1.54, 1.807) is 21.3 Å². The Morgan fingerprint density at radius 1 is 1.20 bits per heavy atom. The summed E-state index contributed by atoms with van der Waals surface area (Å²) < 4.78 is 17.3. The van der Waals surface area contributed by atoms with Gasteiger partial charge in [-0.2, -0.15) is 0 Å². The molecule has 0 amide bonds. The lowest BCUT2D eigenvalue weighted by Crippen LogP contribution is -2.31. The van der Waals surface area contributed by atoms with E-state index in [0.717, 1.165) is 41.0 Å². The Labute approximate surface area is 128 Å². The smallest absolute Gasteiger partial charge is 0.175 e. The molecule has 1 N–H and O–H groups in total. The minimum atomic E-state index is 0.632. The lowest BCUT2D eigenvalue weighted by molar-refractivity contribution is 0.339. The van der Waals surface area contributed by atoms with Crippen LogP contribution < -0.4 is 19.5 Å². The summed E-state index contributed by atoms with van der Waals surface area (Å²) in [5.74, 6) is 2.89. The van der Waals surface area contributed by atoms with Crippen LogP contribution in [-0.4, -0.2) is 34.4 Å². The van der Waals surface area contributed by atoms with Gasteiger partial charge in [0.15, 0.2) is 11.5 Å². The summed E-state index contributed by atoms with van der Waals surface area (Å²) in [5, 5.41) is 3.45. The number of piperidine rings is 1. The molecule has 0 aliphatic carbocycles. The summed E-state index contributed by atoms with van der Waals surface area (Å²) >= 11 is 3.65. The molecule has 1 heterocycles. The molecular weight excluding hydrogens is 322 g/mol.